The Morgan fingerprint density at radius 2 is 0.209 bits per heavy atom. The minimum absolute atomic E-state index is 0. The first-order chi connectivity index (χ1) is 20.1. The molecule has 0 saturated carbocycles. The zero-order valence-electron chi connectivity index (χ0n) is 28.4. The molecule has 0 aliphatic carbocycles. The van der Waals surface area contributed by atoms with E-state index in [9.17, 15) is 0 Å². The summed E-state index contributed by atoms with van der Waals surface area (Å²) in [6, 6.07) is 0. The van der Waals surface area contributed by atoms with Gasteiger partial charge in [-0.2, -0.15) is 0 Å². The summed E-state index contributed by atoms with van der Waals surface area (Å²) in [5.41, 5.74) is 0. The molecule has 0 aromatic heterocycles. The Balaban J connectivity index is -0.0000000720. The van der Waals surface area contributed by atoms with Gasteiger partial charge in [0, 0.05) is 149 Å². The molecule has 0 unspecified atom stereocenters. The fraction of sp³-hybridized carbons (Fsp3) is 1.00. The van der Waals surface area contributed by atoms with Crippen molar-refractivity contribution in [1.29, 1.82) is 0 Å². The van der Waals surface area contributed by atoms with E-state index in [1.165, 1.54) is 0 Å². The molecule has 0 amide bonds. The summed E-state index contributed by atoms with van der Waals surface area (Å²) >= 11 is 0. The molecule has 0 saturated heterocycles. The van der Waals surface area contributed by atoms with E-state index >= 15 is 0 Å². The first-order valence-corrected chi connectivity index (χ1v) is 17.2. The van der Waals surface area contributed by atoms with Gasteiger partial charge in [-0.15, -0.1) is 0 Å². The molecule has 0 fully saturated rings. The second kappa shape index (κ2) is 56.9. The molecule has 0 heterocycles. The van der Waals surface area contributed by atoms with Gasteiger partial charge in [-0.05, 0) is 0 Å². The number of rotatable bonds is 18. The summed E-state index contributed by atoms with van der Waals surface area (Å²) < 4.78 is 84.0. The van der Waals surface area contributed by atoms with Gasteiger partial charge in [0.2, 0.25) is 0 Å². The molecule has 18 nitrogen and oxygen atoms in total. The van der Waals surface area contributed by atoms with Gasteiger partial charge in [0.15, 0.2) is 0 Å². The van der Waals surface area contributed by atoms with Crippen molar-refractivity contribution >= 4 is 51.6 Å². The molecule has 0 spiro atoms. The predicted molar refractivity (Wildman–Crippen MR) is 168 cm³/mol. The molecule has 0 aliphatic heterocycles. The van der Waals surface area contributed by atoms with Crippen molar-refractivity contribution in [2.24, 2.45) is 0 Å². The van der Waals surface area contributed by atoms with E-state index in [1.54, 1.807) is 128 Å². The Hall–Kier alpha value is 2.55. The summed E-state index contributed by atoms with van der Waals surface area (Å²) in [7, 11) is 21.4. The van der Waals surface area contributed by atoms with Crippen molar-refractivity contribution in [3.05, 3.63) is 0 Å². The van der Waals surface area contributed by atoms with Crippen LogP contribution in [0.2, 0.25) is 0 Å². The molecule has 0 bridgehead atoms. The summed E-state index contributed by atoms with van der Waals surface area (Å²) in [5.74, 6) is 0. The van der Waals surface area contributed by atoms with Crippen molar-refractivity contribution < 1.29 is 102 Å². The molecule has 0 N–H and O–H groups in total. The zero-order valence-corrected chi connectivity index (χ0v) is 35.8. The molecule has 0 aromatic rings. The Labute approximate surface area is 281 Å². The quantitative estimate of drug-likeness (QED) is 0.103. The van der Waals surface area contributed by atoms with Crippen LogP contribution in [-0.4, -0.2) is 128 Å². The van der Waals surface area contributed by atoms with Gasteiger partial charge < -0.3 is 81.4 Å². The van der Waals surface area contributed by atoms with Crippen molar-refractivity contribution in [2.75, 3.05) is 128 Å². The van der Waals surface area contributed by atoms with Gasteiger partial charge >= 0.3 is 51.6 Å². The standard InChI is InChI=1S/6C3H9O3P.Mo/c6*1-4-7(5-2)6-3;/h6*1-3H3;. The van der Waals surface area contributed by atoms with Gasteiger partial charge in [-0.3, -0.25) is 0 Å². The van der Waals surface area contributed by atoms with Gasteiger partial charge in [-0.1, -0.05) is 0 Å². The van der Waals surface area contributed by atoms with E-state index < -0.39 is 51.6 Å². The first-order valence-electron chi connectivity index (χ1n) is 10.6. The van der Waals surface area contributed by atoms with Crippen LogP contribution in [0, 0.1) is 0 Å². The number of hydrogen-bond acceptors (Lipinski definition) is 18. The van der Waals surface area contributed by atoms with Crippen molar-refractivity contribution in [1.82, 2.24) is 0 Å². The second-order valence-corrected chi connectivity index (χ2v) is 13.9. The Morgan fingerprint density at radius 1 is 0.163 bits per heavy atom. The van der Waals surface area contributed by atoms with E-state index in [4.69, 9.17) is 0 Å². The maximum atomic E-state index is 4.67. The van der Waals surface area contributed by atoms with Crippen LogP contribution in [0.4, 0.5) is 0 Å². The fourth-order valence-corrected chi connectivity index (χ4v) is 4.02. The average Bonchev–Trinajstić information content (AvgIpc) is 3.04. The van der Waals surface area contributed by atoms with Crippen LogP contribution in [0.25, 0.3) is 0 Å². The van der Waals surface area contributed by atoms with E-state index in [2.05, 4.69) is 81.4 Å². The summed E-state index contributed by atoms with van der Waals surface area (Å²) in [5, 5.41) is 0. The van der Waals surface area contributed by atoms with Crippen LogP contribution in [0.1, 0.15) is 0 Å². The molecule has 25 heteroatoms. The molecule has 270 valence electrons. The minimum Gasteiger partial charge on any atom is -0.316 e. The third-order valence-corrected chi connectivity index (χ3v) is 8.05. The average molecular weight is 840 g/mol. The van der Waals surface area contributed by atoms with Gasteiger partial charge in [0.05, 0.1) is 0 Å². The monoisotopic (exact) mass is 842 g/mol. The predicted octanol–water partition coefficient (Wildman–Crippen LogP) is 6.91. The van der Waals surface area contributed by atoms with Crippen LogP contribution in [0.15, 0.2) is 0 Å². The number of hydrogen-bond donors (Lipinski definition) is 0. The zero-order chi connectivity index (χ0) is 34.2. The van der Waals surface area contributed by atoms with Crippen molar-refractivity contribution in [2.45, 2.75) is 0 Å². The normalized spacial score (nSPS) is 10.0. The fourth-order valence-electron chi connectivity index (χ4n) is 1.34. The van der Waals surface area contributed by atoms with Gasteiger partial charge in [0.1, 0.15) is 0 Å². The molecule has 0 aromatic carbocycles. The molecule has 0 rings (SSSR count). The van der Waals surface area contributed by atoms with E-state index in [0.29, 0.717) is 0 Å². The largest absolute Gasteiger partial charge is 0.331 e. The summed E-state index contributed by atoms with van der Waals surface area (Å²) in [4.78, 5) is 0. The van der Waals surface area contributed by atoms with E-state index in [-0.39, 0.29) is 21.1 Å². The summed E-state index contributed by atoms with van der Waals surface area (Å²) in [6.45, 7) is 0. The first kappa shape index (κ1) is 60.8. The third-order valence-electron chi connectivity index (χ3n) is 2.68. The van der Waals surface area contributed by atoms with Crippen molar-refractivity contribution in [3.63, 3.8) is 0 Å². The van der Waals surface area contributed by atoms with Crippen molar-refractivity contribution in [3.8, 4) is 0 Å². The molecule has 0 atom stereocenters. The van der Waals surface area contributed by atoms with Crippen LogP contribution in [0.3, 0.4) is 0 Å². The second-order valence-electron chi connectivity index (χ2n) is 4.63. The third kappa shape index (κ3) is 54.3. The Morgan fingerprint density at radius 3 is 0.209 bits per heavy atom. The van der Waals surface area contributed by atoms with E-state index in [1.807, 2.05) is 0 Å². The Bertz CT molecular complexity index is 290. The topological polar surface area (TPSA) is 166 Å². The molecule has 43 heavy (non-hydrogen) atoms. The molecule has 0 aliphatic rings. The summed E-state index contributed by atoms with van der Waals surface area (Å²) in [6.07, 6.45) is 0. The van der Waals surface area contributed by atoms with Crippen LogP contribution in [0.5, 0.6) is 0 Å². The molecule has 0 radical (unpaired) electrons. The maximum Gasteiger partial charge on any atom is 0.331 e. The van der Waals surface area contributed by atoms with Crippen LogP contribution in [-0.2, 0) is 102 Å². The van der Waals surface area contributed by atoms with Crippen LogP contribution >= 0.6 is 51.6 Å². The minimum atomic E-state index is -1.05. The SMILES string of the molecule is COP(OC)OC.COP(OC)OC.COP(OC)OC.COP(OC)OC.COP(OC)OC.COP(OC)OC.[Mo]. The Kier molecular flexibility index (Phi) is 80.4. The maximum absolute atomic E-state index is 4.67. The van der Waals surface area contributed by atoms with E-state index in [0.717, 1.165) is 0 Å². The van der Waals surface area contributed by atoms with Crippen LogP contribution < -0.4 is 0 Å². The molecular weight excluding hydrogens is 786 g/mol. The van der Waals surface area contributed by atoms with Gasteiger partial charge in [-0.25, -0.2) is 0 Å². The smallest absolute Gasteiger partial charge is 0.316 e. The molecular formula is C18H54MoO18P6. The van der Waals surface area contributed by atoms with Gasteiger partial charge in [0.25, 0.3) is 0 Å².